The van der Waals surface area contributed by atoms with Crippen molar-refractivity contribution in [2.45, 2.75) is 65.3 Å². The molecule has 0 saturated carbocycles. The molecule has 0 saturated heterocycles. The number of imidazole rings is 1. The van der Waals surface area contributed by atoms with E-state index in [0.717, 1.165) is 36.5 Å². The standard InChI is InChI=1S/C18H31N5O2S/c1-7-9-10-23-16(11-19-18(23)26(24,25)8-2)12-21(5)13-17-14(3)20-22(6)15(17)4/h11H,7-10,12-13H2,1-6H3. The van der Waals surface area contributed by atoms with E-state index in [2.05, 4.69) is 28.8 Å². The molecule has 0 aliphatic rings. The van der Waals surface area contributed by atoms with Crippen LogP contribution in [-0.4, -0.2) is 45.4 Å². The Balaban J connectivity index is 2.25. The third kappa shape index (κ3) is 4.35. The summed E-state index contributed by atoms with van der Waals surface area (Å²) >= 11 is 0. The van der Waals surface area contributed by atoms with Gasteiger partial charge in [0, 0.05) is 37.9 Å². The van der Waals surface area contributed by atoms with E-state index in [0.29, 0.717) is 13.1 Å². The first kappa shape index (κ1) is 20.6. The van der Waals surface area contributed by atoms with Crippen LogP contribution in [0.5, 0.6) is 0 Å². The highest BCUT2D eigenvalue weighted by Crippen LogP contribution is 2.19. The molecule has 26 heavy (non-hydrogen) atoms. The summed E-state index contributed by atoms with van der Waals surface area (Å²) in [5.74, 6) is 0.0689. The van der Waals surface area contributed by atoms with Gasteiger partial charge in [-0.25, -0.2) is 13.4 Å². The molecule has 0 aliphatic carbocycles. The maximum absolute atomic E-state index is 12.4. The molecule has 0 atom stereocenters. The van der Waals surface area contributed by atoms with Gasteiger partial charge in [-0.15, -0.1) is 0 Å². The van der Waals surface area contributed by atoms with Gasteiger partial charge in [-0.1, -0.05) is 20.3 Å². The largest absolute Gasteiger partial charge is 0.318 e. The zero-order valence-corrected chi connectivity index (χ0v) is 17.6. The summed E-state index contributed by atoms with van der Waals surface area (Å²) in [6.45, 7) is 9.94. The summed E-state index contributed by atoms with van der Waals surface area (Å²) in [6.07, 6.45) is 3.64. The molecule has 0 aliphatic heterocycles. The molecule has 8 heteroatoms. The minimum Gasteiger partial charge on any atom is -0.318 e. The second-order valence-electron chi connectivity index (χ2n) is 6.89. The summed E-state index contributed by atoms with van der Waals surface area (Å²) in [5.41, 5.74) is 4.34. The first-order valence-electron chi connectivity index (χ1n) is 9.16. The zero-order valence-electron chi connectivity index (χ0n) is 16.8. The van der Waals surface area contributed by atoms with E-state index >= 15 is 0 Å². The molecule has 2 heterocycles. The molecule has 0 fully saturated rings. The molecule has 2 aromatic rings. The van der Waals surface area contributed by atoms with Crippen LogP contribution in [0.3, 0.4) is 0 Å². The van der Waals surface area contributed by atoms with E-state index in [1.165, 1.54) is 5.56 Å². The maximum Gasteiger partial charge on any atom is 0.227 e. The van der Waals surface area contributed by atoms with Crippen molar-refractivity contribution >= 4 is 9.84 Å². The summed E-state index contributed by atoms with van der Waals surface area (Å²) in [7, 11) is 0.667. The van der Waals surface area contributed by atoms with Gasteiger partial charge in [0.05, 0.1) is 23.3 Å². The number of hydrogen-bond donors (Lipinski definition) is 0. The predicted molar refractivity (Wildman–Crippen MR) is 103 cm³/mol. The van der Waals surface area contributed by atoms with Crippen LogP contribution in [0.2, 0.25) is 0 Å². The average molecular weight is 382 g/mol. The number of aryl methyl sites for hydroxylation is 2. The van der Waals surface area contributed by atoms with Crippen molar-refractivity contribution in [3.63, 3.8) is 0 Å². The van der Waals surface area contributed by atoms with Gasteiger partial charge < -0.3 is 4.57 Å². The van der Waals surface area contributed by atoms with E-state index in [4.69, 9.17) is 0 Å². The number of unbranched alkanes of at least 4 members (excludes halogenated alkanes) is 1. The number of aromatic nitrogens is 4. The molecule has 0 spiro atoms. The lowest BCUT2D eigenvalue weighted by atomic mass is 10.2. The summed E-state index contributed by atoms with van der Waals surface area (Å²) in [6, 6.07) is 0. The van der Waals surface area contributed by atoms with Gasteiger partial charge in [0.25, 0.3) is 0 Å². The van der Waals surface area contributed by atoms with Gasteiger partial charge in [-0.2, -0.15) is 5.10 Å². The Bertz CT molecular complexity index is 851. The minimum atomic E-state index is -3.32. The van der Waals surface area contributed by atoms with Crippen LogP contribution in [0, 0.1) is 13.8 Å². The molecule has 0 radical (unpaired) electrons. The van der Waals surface area contributed by atoms with Crippen LogP contribution >= 0.6 is 0 Å². The Kier molecular flexibility index (Phi) is 6.63. The fourth-order valence-corrected chi connectivity index (χ4v) is 4.12. The van der Waals surface area contributed by atoms with E-state index in [1.807, 2.05) is 30.3 Å². The van der Waals surface area contributed by atoms with Crippen molar-refractivity contribution < 1.29 is 8.42 Å². The molecule has 0 aromatic carbocycles. The highest BCUT2D eigenvalue weighted by molar-refractivity contribution is 7.91. The van der Waals surface area contributed by atoms with Crippen molar-refractivity contribution in [2.75, 3.05) is 12.8 Å². The molecular formula is C18H31N5O2S. The van der Waals surface area contributed by atoms with Crippen LogP contribution < -0.4 is 0 Å². The van der Waals surface area contributed by atoms with Crippen LogP contribution in [0.15, 0.2) is 11.4 Å². The van der Waals surface area contributed by atoms with Crippen molar-refractivity contribution in [1.29, 1.82) is 0 Å². The summed E-state index contributed by atoms with van der Waals surface area (Å²) < 4.78 is 28.5. The van der Waals surface area contributed by atoms with Gasteiger partial charge in [0.1, 0.15) is 0 Å². The van der Waals surface area contributed by atoms with Gasteiger partial charge >= 0.3 is 0 Å². The monoisotopic (exact) mass is 381 g/mol. The van der Waals surface area contributed by atoms with Crippen LogP contribution in [0.4, 0.5) is 0 Å². The second kappa shape index (κ2) is 8.35. The van der Waals surface area contributed by atoms with Crippen molar-refractivity contribution in [3.05, 3.63) is 28.8 Å². The lowest BCUT2D eigenvalue weighted by Crippen LogP contribution is -2.22. The molecule has 0 N–H and O–H groups in total. The number of rotatable bonds is 9. The number of hydrogen-bond acceptors (Lipinski definition) is 5. The molecule has 2 rings (SSSR count). The lowest BCUT2D eigenvalue weighted by molar-refractivity contribution is 0.305. The minimum absolute atomic E-state index is 0.0689. The Hall–Kier alpha value is -1.67. The van der Waals surface area contributed by atoms with Gasteiger partial charge in [0.2, 0.25) is 15.0 Å². The molecule has 146 valence electrons. The van der Waals surface area contributed by atoms with Gasteiger partial charge in [0.15, 0.2) is 0 Å². The van der Waals surface area contributed by atoms with Crippen LogP contribution in [-0.2, 0) is 36.5 Å². The second-order valence-corrected chi connectivity index (χ2v) is 9.06. The van der Waals surface area contributed by atoms with Crippen molar-refractivity contribution in [2.24, 2.45) is 7.05 Å². The average Bonchev–Trinajstić information content (AvgIpc) is 3.09. The Morgan fingerprint density at radius 1 is 1.19 bits per heavy atom. The van der Waals surface area contributed by atoms with Crippen LogP contribution in [0.25, 0.3) is 0 Å². The molecule has 0 bridgehead atoms. The fourth-order valence-electron chi connectivity index (χ4n) is 3.10. The first-order chi connectivity index (χ1) is 12.2. The Morgan fingerprint density at radius 3 is 2.42 bits per heavy atom. The first-order valence-corrected chi connectivity index (χ1v) is 10.8. The Labute approximate surface area is 156 Å². The molecule has 0 unspecified atom stereocenters. The lowest BCUT2D eigenvalue weighted by Gasteiger charge is -2.19. The zero-order chi connectivity index (χ0) is 19.5. The highest BCUT2D eigenvalue weighted by Gasteiger charge is 2.22. The summed E-state index contributed by atoms with van der Waals surface area (Å²) in [4.78, 5) is 6.42. The molecule has 0 amide bonds. The molecule has 2 aromatic heterocycles. The van der Waals surface area contributed by atoms with Crippen molar-refractivity contribution in [1.82, 2.24) is 24.2 Å². The van der Waals surface area contributed by atoms with E-state index in [9.17, 15) is 8.42 Å². The quantitative estimate of drug-likeness (QED) is 0.667. The highest BCUT2D eigenvalue weighted by atomic mass is 32.2. The number of sulfone groups is 1. The van der Waals surface area contributed by atoms with Gasteiger partial charge in [-0.05, 0) is 27.3 Å². The van der Waals surface area contributed by atoms with Crippen molar-refractivity contribution in [3.8, 4) is 0 Å². The van der Waals surface area contributed by atoms with E-state index in [1.54, 1.807) is 13.1 Å². The van der Waals surface area contributed by atoms with Crippen LogP contribution in [0.1, 0.15) is 49.3 Å². The Morgan fingerprint density at radius 2 is 1.88 bits per heavy atom. The topological polar surface area (TPSA) is 73.0 Å². The normalized spacial score (nSPS) is 12.3. The smallest absolute Gasteiger partial charge is 0.227 e. The molecule has 7 nitrogen and oxygen atoms in total. The number of nitrogens with zero attached hydrogens (tertiary/aromatic N) is 5. The van der Waals surface area contributed by atoms with E-state index in [-0.39, 0.29) is 10.9 Å². The summed E-state index contributed by atoms with van der Waals surface area (Å²) in [5, 5.41) is 4.67. The third-order valence-electron chi connectivity index (χ3n) is 4.81. The fraction of sp³-hybridized carbons (Fsp3) is 0.667. The van der Waals surface area contributed by atoms with Gasteiger partial charge in [-0.3, -0.25) is 9.58 Å². The molecular weight excluding hydrogens is 350 g/mol. The van der Waals surface area contributed by atoms with E-state index < -0.39 is 9.84 Å². The SMILES string of the molecule is CCCCn1c(CN(C)Cc2c(C)nn(C)c2C)cnc1S(=O)(=O)CC. The third-order valence-corrected chi connectivity index (χ3v) is 6.46. The maximum atomic E-state index is 12.4. The predicted octanol–water partition coefficient (Wildman–Crippen LogP) is 2.46.